The molecule has 1 heterocycles. The number of hydrogen-bond acceptors (Lipinski definition) is 3. The number of nitrogens with zero attached hydrogens (tertiary/aromatic N) is 2. The molecule has 0 aromatic carbocycles. The molecule has 0 aliphatic rings. The summed E-state index contributed by atoms with van der Waals surface area (Å²) in [6.07, 6.45) is 1.74. The lowest BCUT2D eigenvalue weighted by molar-refractivity contribution is 0.397. The van der Waals surface area contributed by atoms with Crippen LogP contribution in [-0.2, 0) is 6.54 Å². The number of guanidine groups is 1. The highest BCUT2D eigenvalue weighted by Crippen LogP contribution is 2.08. The van der Waals surface area contributed by atoms with E-state index in [0.717, 1.165) is 11.5 Å². The Morgan fingerprint density at radius 3 is 2.74 bits per heavy atom. The Labute approximate surface area is 115 Å². The third-order valence-electron chi connectivity index (χ3n) is 3.06. The van der Waals surface area contributed by atoms with E-state index in [9.17, 15) is 0 Å². The highest BCUT2D eigenvalue weighted by atomic mass is 16.5. The summed E-state index contributed by atoms with van der Waals surface area (Å²) in [7, 11) is 3.39. The van der Waals surface area contributed by atoms with Crippen LogP contribution in [-0.4, -0.2) is 31.1 Å². The summed E-state index contributed by atoms with van der Waals surface area (Å²) < 4.78 is 5.10. The van der Waals surface area contributed by atoms with Gasteiger partial charge in [0.2, 0.25) is 5.88 Å². The van der Waals surface area contributed by atoms with Crippen LogP contribution in [0.4, 0.5) is 0 Å². The maximum atomic E-state index is 5.10. The molecular formula is C14H24N4O. The molecule has 5 heteroatoms. The van der Waals surface area contributed by atoms with Gasteiger partial charge in [0, 0.05) is 31.9 Å². The highest BCUT2D eigenvalue weighted by Gasteiger charge is 2.08. The molecule has 1 aromatic heterocycles. The van der Waals surface area contributed by atoms with Crippen molar-refractivity contribution in [1.29, 1.82) is 0 Å². The number of rotatable bonds is 5. The Balaban J connectivity index is 2.53. The molecule has 0 saturated heterocycles. The van der Waals surface area contributed by atoms with E-state index < -0.39 is 0 Å². The minimum absolute atomic E-state index is 0.373. The second-order valence-electron chi connectivity index (χ2n) is 4.81. The van der Waals surface area contributed by atoms with Gasteiger partial charge in [-0.2, -0.15) is 0 Å². The first-order valence-electron chi connectivity index (χ1n) is 6.53. The van der Waals surface area contributed by atoms with Gasteiger partial charge in [0.15, 0.2) is 5.96 Å². The molecule has 19 heavy (non-hydrogen) atoms. The van der Waals surface area contributed by atoms with Crippen molar-refractivity contribution in [3.8, 4) is 5.88 Å². The molecular weight excluding hydrogens is 240 g/mol. The zero-order chi connectivity index (χ0) is 14.3. The first-order valence-corrected chi connectivity index (χ1v) is 6.53. The summed E-state index contributed by atoms with van der Waals surface area (Å²) in [4.78, 5) is 8.30. The van der Waals surface area contributed by atoms with E-state index in [4.69, 9.17) is 4.74 Å². The lowest BCUT2D eigenvalue weighted by Crippen LogP contribution is -2.43. The van der Waals surface area contributed by atoms with E-state index in [1.54, 1.807) is 20.4 Å². The van der Waals surface area contributed by atoms with Crippen LogP contribution in [0.25, 0.3) is 0 Å². The lowest BCUT2D eigenvalue weighted by atomic mass is 10.1. The zero-order valence-corrected chi connectivity index (χ0v) is 12.4. The number of aromatic nitrogens is 1. The fourth-order valence-electron chi connectivity index (χ4n) is 1.43. The normalized spacial score (nSPS) is 13.3. The minimum Gasteiger partial charge on any atom is -0.481 e. The monoisotopic (exact) mass is 264 g/mol. The van der Waals surface area contributed by atoms with Crippen molar-refractivity contribution in [1.82, 2.24) is 15.6 Å². The molecule has 0 aliphatic heterocycles. The van der Waals surface area contributed by atoms with Crippen LogP contribution in [0.2, 0.25) is 0 Å². The summed E-state index contributed by atoms with van der Waals surface area (Å²) in [5.41, 5.74) is 1.10. The molecule has 0 amide bonds. The topological polar surface area (TPSA) is 58.5 Å². The Hall–Kier alpha value is -1.78. The van der Waals surface area contributed by atoms with Crippen molar-refractivity contribution >= 4 is 5.96 Å². The molecule has 106 valence electrons. The van der Waals surface area contributed by atoms with E-state index in [0.29, 0.717) is 24.4 Å². The van der Waals surface area contributed by atoms with Crippen LogP contribution in [0.3, 0.4) is 0 Å². The lowest BCUT2D eigenvalue weighted by Gasteiger charge is -2.20. The van der Waals surface area contributed by atoms with E-state index in [1.165, 1.54) is 0 Å². The molecule has 5 nitrogen and oxygen atoms in total. The number of ether oxygens (including phenoxy) is 1. The largest absolute Gasteiger partial charge is 0.481 e. The second-order valence-corrected chi connectivity index (χ2v) is 4.81. The number of pyridine rings is 1. The molecule has 1 unspecified atom stereocenters. The number of hydrogen-bond donors (Lipinski definition) is 2. The van der Waals surface area contributed by atoms with Gasteiger partial charge in [0.25, 0.3) is 0 Å². The first kappa shape index (κ1) is 15.3. The number of methoxy groups -OCH3 is 1. The predicted molar refractivity (Wildman–Crippen MR) is 78.4 cm³/mol. The smallest absolute Gasteiger partial charge is 0.213 e. The predicted octanol–water partition coefficient (Wildman–Crippen LogP) is 1.80. The SMILES string of the molecule is CN=C(NCc1ccnc(OC)c1)NC(C)C(C)C. The second kappa shape index (κ2) is 7.61. The van der Waals surface area contributed by atoms with Crippen molar-refractivity contribution in [3.05, 3.63) is 23.9 Å². The van der Waals surface area contributed by atoms with Gasteiger partial charge in [-0.05, 0) is 24.5 Å². The molecule has 2 N–H and O–H groups in total. The maximum Gasteiger partial charge on any atom is 0.213 e. The van der Waals surface area contributed by atoms with Gasteiger partial charge >= 0.3 is 0 Å². The molecule has 0 fully saturated rings. The molecule has 0 spiro atoms. The van der Waals surface area contributed by atoms with Crippen molar-refractivity contribution < 1.29 is 4.74 Å². The van der Waals surface area contributed by atoms with E-state index >= 15 is 0 Å². The molecule has 0 bridgehead atoms. The van der Waals surface area contributed by atoms with Gasteiger partial charge in [0.05, 0.1) is 7.11 Å². The zero-order valence-electron chi connectivity index (χ0n) is 12.4. The van der Waals surface area contributed by atoms with Crippen molar-refractivity contribution in [2.24, 2.45) is 10.9 Å². The Morgan fingerprint density at radius 1 is 1.42 bits per heavy atom. The van der Waals surface area contributed by atoms with Gasteiger partial charge in [-0.25, -0.2) is 4.98 Å². The average molecular weight is 264 g/mol. The standard InChI is InChI=1S/C14H24N4O/c1-10(2)11(3)18-14(15-4)17-9-12-6-7-16-13(8-12)19-5/h6-8,10-11H,9H2,1-5H3,(H2,15,17,18). The molecule has 1 atom stereocenters. The Morgan fingerprint density at radius 2 is 2.16 bits per heavy atom. The minimum atomic E-state index is 0.373. The van der Waals surface area contributed by atoms with Crippen molar-refractivity contribution in [2.75, 3.05) is 14.2 Å². The van der Waals surface area contributed by atoms with Gasteiger partial charge in [-0.3, -0.25) is 4.99 Å². The van der Waals surface area contributed by atoms with Crippen molar-refractivity contribution in [3.63, 3.8) is 0 Å². The fourth-order valence-corrected chi connectivity index (χ4v) is 1.43. The number of nitrogens with one attached hydrogen (secondary N) is 2. The van der Waals surface area contributed by atoms with E-state index in [2.05, 4.69) is 41.4 Å². The molecule has 1 rings (SSSR count). The summed E-state index contributed by atoms with van der Waals surface area (Å²) in [6, 6.07) is 4.24. The Kier molecular flexibility index (Phi) is 6.12. The van der Waals surface area contributed by atoms with Crippen LogP contribution >= 0.6 is 0 Å². The van der Waals surface area contributed by atoms with Crippen LogP contribution in [0, 0.1) is 5.92 Å². The number of aliphatic imine (C=N–C) groups is 1. The van der Waals surface area contributed by atoms with Crippen LogP contribution in [0.5, 0.6) is 5.88 Å². The summed E-state index contributed by atoms with van der Waals surface area (Å²) in [6.45, 7) is 7.19. The maximum absolute atomic E-state index is 5.10. The van der Waals surface area contributed by atoms with Crippen molar-refractivity contribution in [2.45, 2.75) is 33.4 Å². The third kappa shape index (κ3) is 5.16. The quantitative estimate of drug-likeness (QED) is 0.629. The highest BCUT2D eigenvalue weighted by molar-refractivity contribution is 5.79. The molecule has 0 radical (unpaired) electrons. The molecule has 0 saturated carbocycles. The third-order valence-corrected chi connectivity index (χ3v) is 3.06. The van der Waals surface area contributed by atoms with E-state index in [-0.39, 0.29) is 0 Å². The van der Waals surface area contributed by atoms with Gasteiger partial charge in [-0.15, -0.1) is 0 Å². The Bertz CT molecular complexity index is 418. The molecule has 0 aliphatic carbocycles. The summed E-state index contributed by atoms with van der Waals surface area (Å²) in [5.74, 6) is 1.98. The van der Waals surface area contributed by atoms with Gasteiger partial charge in [-0.1, -0.05) is 13.8 Å². The van der Waals surface area contributed by atoms with Gasteiger partial charge in [0.1, 0.15) is 0 Å². The fraction of sp³-hybridized carbons (Fsp3) is 0.571. The van der Waals surface area contributed by atoms with E-state index in [1.807, 2.05) is 12.1 Å². The molecule has 1 aromatic rings. The van der Waals surface area contributed by atoms with Gasteiger partial charge < -0.3 is 15.4 Å². The first-order chi connectivity index (χ1) is 9.06. The summed E-state index contributed by atoms with van der Waals surface area (Å²) in [5, 5.41) is 6.64. The van der Waals surface area contributed by atoms with Crippen LogP contribution < -0.4 is 15.4 Å². The van der Waals surface area contributed by atoms with Crippen LogP contribution in [0.1, 0.15) is 26.3 Å². The average Bonchev–Trinajstić information content (AvgIpc) is 2.43. The van der Waals surface area contributed by atoms with Crippen LogP contribution in [0.15, 0.2) is 23.3 Å². The summed E-state index contributed by atoms with van der Waals surface area (Å²) >= 11 is 0.